The van der Waals surface area contributed by atoms with Crippen molar-refractivity contribution >= 4 is 35.6 Å². The van der Waals surface area contributed by atoms with E-state index in [4.69, 9.17) is 19.9 Å². The molecule has 1 saturated heterocycles. The molecule has 1 aliphatic rings. The lowest BCUT2D eigenvalue weighted by atomic mass is 10.0. The SMILES string of the molecule is CCOc1ccc(OCC)c(NC(N)=NCC(c2cccc(F)c2)N2CCOCC2)c1.I. The maximum atomic E-state index is 13.9. The van der Waals surface area contributed by atoms with Crippen molar-refractivity contribution in [1.29, 1.82) is 0 Å². The van der Waals surface area contributed by atoms with Gasteiger partial charge in [-0.2, -0.15) is 0 Å². The zero-order chi connectivity index (χ0) is 22.1. The van der Waals surface area contributed by atoms with Crippen LogP contribution in [0, 0.1) is 5.82 Å². The number of hydrogen-bond donors (Lipinski definition) is 2. The van der Waals surface area contributed by atoms with Gasteiger partial charge in [-0.15, -0.1) is 24.0 Å². The lowest BCUT2D eigenvalue weighted by Gasteiger charge is -2.34. The molecule has 7 nitrogen and oxygen atoms in total. The largest absolute Gasteiger partial charge is 0.494 e. The molecule has 0 aromatic heterocycles. The quantitative estimate of drug-likeness (QED) is 0.275. The van der Waals surface area contributed by atoms with Gasteiger partial charge in [0.15, 0.2) is 5.96 Å². The average molecular weight is 558 g/mol. The van der Waals surface area contributed by atoms with Crippen LogP contribution in [-0.2, 0) is 4.74 Å². The normalized spacial score (nSPS) is 15.5. The van der Waals surface area contributed by atoms with Crippen LogP contribution in [0.2, 0.25) is 0 Å². The van der Waals surface area contributed by atoms with Crippen LogP contribution >= 0.6 is 24.0 Å². The Labute approximate surface area is 206 Å². The third-order valence-electron chi connectivity index (χ3n) is 4.98. The first-order valence-corrected chi connectivity index (χ1v) is 10.6. The molecule has 32 heavy (non-hydrogen) atoms. The van der Waals surface area contributed by atoms with E-state index in [1.165, 1.54) is 6.07 Å². The van der Waals surface area contributed by atoms with E-state index in [0.717, 1.165) is 18.7 Å². The number of hydrogen-bond acceptors (Lipinski definition) is 5. The van der Waals surface area contributed by atoms with Gasteiger partial charge in [0, 0.05) is 19.2 Å². The van der Waals surface area contributed by atoms with E-state index in [0.29, 0.717) is 50.2 Å². The summed E-state index contributed by atoms with van der Waals surface area (Å²) in [6.45, 7) is 8.13. The first-order chi connectivity index (χ1) is 15.1. The minimum atomic E-state index is -0.264. The van der Waals surface area contributed by atoms with Gasteiger partial charge in [-0.3, -0.25) is 9.89 Å². The second-order valence-corrected chi connectivity index (χ2v) is 7.09. The van der Waals surface area contributed by atoms with Crippen molar-refractivity contribution in [3.8, 4) is 11.5 Å². The number of nitrogens with one attached hydrogen (secondary N) is 1. The van der Waals surface area contributed by atoms with Gasteiger partial charge >= 0.3 is 0 Å². The van der Waals surface area contributed by atoms with Crippen molar-refractivity contribution in [3.63, 3.8) is 0 Å². The number of halogens is 2. The van der Waals surface area contributed by atoms with Crippen molar-refractivity contribution in [2.75, 3.05) is 51.4 Å². The predicted molar refractivity (Wildman–Crippen MR) is 136 cm³/mol. The molecule has 9 heteroatoms. The molecule has 0 spiro atoms. The maximum Gasteiger partial charge on any atom is 0.193 e. The number of nitrogens with two attached hydrogens (primary N) is 1. The van der Waals surface area contributed by atoms with Gasteiger partial charge in [0.25, 0.3) is 0 Å². The molecule has 0 bridgehead atoms. The van der Waals surface area contributed by atoms with Crippen molar-refractivity contribution in [2.24, 2.45) is 10.7 Å². The summed E-state index contributed by atoms with van der Waals surface area (Å²) in [5.74, 6) is 1.37. The lowest BCUT2D eigenvalue weighted by molar-refractivity contribution is 0.0179. The first-order valence-electron chi connectivity index (χ1n) is 10.6. The Morgan fingerprint density at radius 3 is 2.59 bits per heavy atom. The molecule has 1 aliphatic heterocycles. The van der Waals surface area contributed by atoms with E-state index in [1.54, 1.807) is 12.1 Å². The van der Waals surface area contributed by atoms with Gasteiger partial charge in [-0.25, -0.2) is 4.39 Å². The Morgan fingerprint density at radius 1 is 1.16 bits per heavy atom. The number of nitrogens with zero attached hydrogens (tertiary/aromatic N) is 2. The Balaban J connectivity index is 0.00000363. The van der Waals surface area contributed by atoms with E-state index in [2.05, 4.69) is 15.2 Å². The summed E-state index contributed by atoms with van der Waals surface area (Å²) in [6, 6.07) is 12.1. The monoisotopic (exact) mass is 558 g/mol. The molecule has 0 amide bonds. The van der Waals surface area contributed by atoms with E-state index in [1.807, 2.05) is 38.1 Å². The van der Waals surface area contributed by atoms with E-state index >= 15 is 0 Å². The topological polar surface area (TPSA) is 81.3 Å². The van der Waals surface area contributed by atoms with Gasteiger partial charge in [0.2, 0.25) is 0 Å². The highest BCUT2D eigenvalue weighted by Crippen LogP contribution is 2.29. The molecule has 0 aliphatic carbocycles. The maximum absolute atomic E-state index is 13.9. The minimum absolute atomic E-state index is 0. The van der Waals surface area contributed by atoms with Gasteiger partial charge in [0.1, 0.15) is 17.3 Å². The van der Waals surface area contributed by atoms with Crippen molar-refractivity contribution in [3.05, 3.63) is 53.8 Å². The Morgan fingerprint density at radius 2 is 1.91 bits per heavy atom. The number of anilines is 1. The molecule has 1 heterocycles. The van der Waals surface area contributed by atoms with Gasteiger partial charge < -0.3 is 25.3 Å². The fourth-order valence-electron chi connectivity index (χ4n) is 3.54. The summed E-state index contributed by atoms with van der Waals surface area (Å²) in [6.07, 6.45) is 0. The highest BCUT2D eigenvalue weighted by atomic mass is 127. The smallest absolute Gasteiger partial charge is 0.193 e. The molecule has 1 fully saturated rings. The second-order valence-electron chi connectivity index (χ2n) is 7.09. The van der Waals surface area contributed by atoms with Crippen LogP contribution in [0.5, 0.6) is 11.5 Å². The summed E-state index contributed by atoms with van der Waals surface area (Å²) < 4.78 is 30.6. The molecular weight excluding hydrogens is 526 g/mol. The minimum Gasteiger partial charge on any atom is -0.494 e. The summed E-state index contributed by atoms with van der Waals surface area (Å²) in [4.78, 5) is 6.81. The number of morpholine rings is 1. The van der Waals surface area contributed by atoms with E-state index in [9.17, 15) is 4.39 Å². The molecule has 3 N–H and O–H groups in total. The van der Waals surface area contributed by atoms with Gasteiger partial charge in [-0.1, -0.05) is 12.1 Å². The summed E-state index contributed by atoms with van der Waals surface area (Å²) in [5, 5.41) is 3.12. The van der Waals surface area contributed by atoms with Crippen LogP contribution in [-0.4, -0.2) is 56.9 Å². The van der Waals surface area contributed by atoms with Gasteiger partial charge in [-0.05, 0) is 43.7 Å². The molecule has 1 unspecified atom stereocenters. The highest BCUT2D eigenvalue weighted by Gasteiger charge is 2.23. The van der Waals surface area contributed by atoms with E-state index < -0.39 is 0 Å². The predicted octanol–water partition coefficient (Wildman–Crippen LogP) is 4.04. The van der Waals surface area contributed by atoms with Crippen molar-refractivity contribution in [2.45, 2.75) is 19.9 Å². The molecule has 176 valence electrons. The van der Waals surface area contributed by atoms with Crippen molar-refractivity contribution in [1.82, 2.24) is 4.90 Å². The summed E-state index contributed by atoms with van der Waals surface area (Å²) in [5.41, 5.74) is 7.76. The van der Waals surface area contributed by atoms with Crippen LogP contribution in [0.25, 0.3) is 0 Å². The third-order valence-corrected chi connectivity index (χ3v) is 4.98. The van der Waals surface area contributed by atoms with Crippen LogP contribution in [0.3, 0.4) is 0 Å². The number of ether oxygens (including phenoxy) is 3. The molecule has 0 radical (unpaired) electrons. The van der Waals surface area contributed by atoms with E-state index in [-0.39, 0.29) is 41.8 Å². The second kappa shape index (κ2) is 13.4. The molecule has 2 aromatic rings. The zero-order valence-electron chi connectivity index (χ0n) is 18.6. The fraction of sp³-hybridized carbons (Fsp3) is 0.435. The van der Waals surface area contributed by atoms with Gasteiger partial charge in [0.05, 0.1) is 44.7 Å². The van der Waals surface area contributed by atoms with Crippen LogP contribution in [0.15, 0.2) is 47.5 Å². The molecule has 1 atom stereocenters. The molecule has 0 saturated carbocycles. The Bertz CT molecular complexity index is 878. The average Bonchev–Trinajstić information content (AvgIpc) is 2.77. The first kappa shape index (κ1) is 26.1. The third kappa shape index (κ3) is 7.49. The molecular formula is C23H32FIN4O3. The number of rotatable bonds is 9. The zero-order valence-corrected chi connectivity index (χ0v) is 20.9. The van der Waals surface area contributed by atoms with Crippen LogP contribution in [0.1, 0.15) is 25.5 Å². The number of benzene rings is 2. The highest BCUT2D eigenvalue weighted by molar-refractivity contribution is 14.0. The number of aliphatic imine (C=N–C) groups is 1. The van der Waals surface area contributed by atoms with Crippen LogP contribution in [0.4, 0.5) is 10.1 Å². The summed E-state index contributed by atoms with van der Waals surface area (Å²) in [7, 11) is 0. The summed E-state index contributed by atoms with van der Waals surface area (Å²) >= 11 is 0. The standard InChI is InChI=1S/C23H31FN4O3.HI/c1-3-30-19-8-9-22(31-4-2)20(15-19)27-23(25)26-16-21(28-10-12-29-13-11-28)17-6-5-7-18(24)14-17;/h5-9,14-15,21H,3-4,10-13,16H2,1-2H3,(H3,25,26,27);1H. The molecule has 3 rings (SSSR count). The Hall–Kier alpha value is -2.11. The fourth-order valence-corrected chi connectivity index (χ4v) is 3.54. The molecule has 2 aromatic carbocycles. The Kier molecular flexibility index (Phi) is 11.0. The van der Waals surface area contributed by atoms with Crippen molar-refractivity contribution < 1.29 is 18.6 Å². The lowest BCUT2D eigenvalue weighted by Crippen LogP contribution is -2.40. The van der Waals surface area contributed by atoms with Crippen LogP contribution < -0.4 is 20.5 Å². The number of guanidine groups is 1.